The topological polar surface area (TPSA) is 41.5 Å². The van der Waals surface area contributed by atoms with E-state index in [0.717, 1.165) is 37.9 Å². The van der Waals surface area contributed by atoms with Crippen LogP contribution in [0.25, 0.3) is 0 Å². The first-order valence-electron chi connectivity index (χ1n) is 6.42. The Labute approximate surface area is 109 Å². The summed E-state index contributed by atoms with van der Waals surface area (Å²) in [5.74, 6) is 1.33. The largest absolute Gasteiger partial charge is 0.383 e. The summed E-state index contributed by atoms with van der Waals surface area (Å²) >= 11 is 0. The second kappa shape index (κ2) is 6.11. The van der Waals surface area contributed by atoms with Crippen LogP contribution in [-0.2, 0) is 4.74 Å². The van der Waals surface area contributed by atoms with Gasteiger partial charge in [-0.1, -0.05) is 0 Å². The van der Waals surface area contributed by atoms with Crippen LogP contribution in [0.15, 0.2) is 12.3 Å². The van der Waals surface area contributed by atoms with E-state index in [2.05, 4.69) is 14.9 Å². The Hall–Kier alpha value is -1.20. The fourth-order valence-electron chi connectivity index (χ4n) is 2.30. The highest BCUT2D eigenvalue weighted by atomic mass is 16.5. The Balaban J connectivity index is 1.98. The number of likely N-dealkylation sites (tertiary alicyclic amines) is 1. The minimum Gasteiger partial charge on any atom is -0.383 e. The summed E-state index contributed by atoms with van der Waals surface area (Å²) in [6, 6.07) is 2.04. The number of ether oxygens (including phenoxy) is 1. The van der Waals surface area contributed by atoms with Gasteiger partial charge in [-0.05, 0) is 19.0 Å². The van der Waals surface area contributed by atoms with E-state index in [4.69, 9.17) is 4.74 Å². The van der Waals surface area contributed by atoms with Crippen LogP contribution < -0.4 is 4.90 Å². The number of hydrogen-bond donors (Lipinski definition) is 0. The molecule has 2 heterocycles. The van der Waals surface area contributed by atoms with Crippen LogP contribution in [0, 0.1) is 0 Å². The molecule has 1 aliphatic heterocycles. The van der Waals surface area contributed by atoms with Gasteiger partial charge < -0.3 is 14.5 Å². The summed E-state index contributed by atoms with van der Waals surface area (Å²) in [6.07, 6.45) is 3.03. The summed E-state index contributed by atoms with van der Waals surface area (Å²) < 4.78 is 5.12. The van der Waals surface area contributed by atoms with Gasteiger partial charge in [0.05, 0.1) is 12.3 Å². The highest BCUT2D eigenvalue weighted by Gasteiger charge is 2.24. The lowest BCUT2D eigenvalue weighted by atomic mass is 10.1. The highest BCUT2D eigenvalue weighted by molar-refractivity contribution is 5.28. The van der Waals surface area contributed by atoms with Gasteiger partial charge in [0.25, 0.3) is 0 Å². The summed E-state index contributed by atoms with van der Waals surface area (Å²) in [4.78, 5) is 13.3. The van der Waals surface area contributed by atoms with Crippen molar-refractivity contribution in [1.29, 1.82) is 0 Å². The van der Waals surface area contributed by atoms with Gasteiger partial charge in [0.15, 0.2) is 0 Å². The maximum atomic E-state index is 5.12. The summed E-state index contributed by atoms with van der Waals surface area (Å²) in [6.45, 7) is 4.03. The fourth-order valence-corrected chi connectivity index (χ4v) is 2.30. The molecule has 1 aliphatic rings. The predicted octanol–water partition coefficient (Wildman–Crippen LogP) is 0.978. The molecule has 0 amide bonds. The van der Waals surface area contributed by atoms with Gasteiger partial charge in [0.2, 0.25) is 5.95 Å². The number of rotatable bonds is 5. The van der Waals surface area contributed by atoms with E-state index >= 15 is 0 Å². The smallest absolute Gasteiger partial charge is 0.224 e. The molecule has 1 saturated heterocycles. The number of methoxy groups -OCH3 is 1. The van der Waals surface area contributed by atoms with E-state index in [1.165, 1.54) is 6.42 Å². The van der Waals surface area contributed by atoms with Crippen molar-refractivity contribution in [3.63, 3.8) is 0 Å². The van der Waals surface area contributed by atoms with Gasteiger partial charge in [0, 0.05) is 46.4 Å². The molecule has 0 N–H and O–H groups in total. The van der Waals surface area contributed by atoms with Gasteiger partial charge in [-0.3, -0.25) is 0 Å². The Kier molecular flexibility index (Phi) is 4.49. The van der Waals surface area contributed by atoms with Crippen molar-refractivity contribution in [3.8, 4) is 0 Å². The SMILES string of the molecule is COCCN1CCC(c2ccnc(N(C)C)n2)C1. The van der Waals surface area contributed by atoms with Crippen LogP contribution in [0.5, 0.6) is 0 Å². The molecule has 0 radical (unpaired) electrons. The molecule has 0 aliphatic carbocycles. The summed E-state index contributed by atoms with van der Waals surface area (Å²) in [7, 11) is 5.69. The van der Waals surface area contributed by atoms with Crippen molar-refractivity contribution in [3.05, 3.63) is 18.0 Å². The normalized spacial score (nSPS) is 20.3. The molecule has 1 unspecified atom stereocenters. The molecule has 0 saturated carbocycles. The van der Waals surface area contributed by atoms with Crippen LogP contribution in [0.1, 0.15) is 18.0 Å². The van der Waals surface area contributed by atoms with Gasteiger partial charge in [-0.2, -0.15) is 0 Å². The van der Waals surface area contributed by atoms with Gasteiger partial charge in [-0.15, -0.1) is 0 Å². The molecular formula is C13H22N4O. The van der Waals surface area contributed by atoms with Crippen LogP contribution in [0.4, 0.5) is 5.95 Å². The molecule has 0 spiro atoms. The third kappa shape index (κ3) is 3.17. The second-order valence-electron chi connectivity index (χ2n) is 4.95. The zero-order valence-corrected chi connectivity index (χ0v) is 11.5. The van der Waals surface area contributed by atoms with Crippen LogP contribution in [-0.4, -0.2) is 62.3 Å². The molecule has 5 heteroatoms. The molecule has 1 fully saturated rings. The van der Waals surface area contributed by atoms with Gasteiger partial charge in [0.1, 0.15) is 0 Å². The second-order valence-corrected chi connectivity index (χ2v) is 4.95. The Morgan fingerprint density at radius 1 is 1.50 bits per heavy atom. The lowest BCUT2D eigenvalue weighted by Gasteiger charge is -2.16. The summed E-state index contributed by atoms with van der Waals surface area (Å²) in [5, 5.41) is 0. The molecule has 2 rings (SSSR count). The van der Waals surface area contributed by atoms with Crippen molar-refractivity contribution < 1.29 is 4.74 Å². The zero-order chi connectivity index (χ0) is 13.0. The molecule has 100 valence electrons. The quantitative estimate of drug-likeness (QED) is 0.779. The number of nitrogens with zero attached hydrogens (tertiary/aromatic N) is 4. The standard InChI is InChI=1S/C13H22N4O/c1-16(2)13-14-6-4-12(15-13)11-5-7-17(10-11)8-9-18-3/h4,6,11H,5,7-10H2,1-3H3. The molecule has 5 nitrogen and oxygen atoms in total. The van der Waals surface area contributed by atoms with E-state index in [1.807, 2.05) is 31.3 Å². The van der Waals surface area contributed by atoms with E-state index in [1.54, 1.807) is 7.11 Å². The average Bonchev–Trinajstić information content (AvgIpc) is 2.85. The van der Waals surface area contributed by atoms with Crippen molar-refractivity contribution >= 4 is 5.95 Å². The van der Waals surface area contributed by atoms with E-state index in [-0.39, 0.29) is 0 Å². The highest BCUT2D eigenvalue weighted by Crippen LogP contribution is 2.25. The first kappa shape index (κ1) is 13.2. The minimum atomic E-state index is 0.531. The van der Waals surface area contributed by atoms with E-state index < -0.39 is 0 Å². The predicted molar refractivity (Wildman–Crippen MR) is 72.0 cm³/mol. The van der Waals surface area contributed by atoms with Crippen LogP contribution in [0.3, 0.4) is 0 Å². The number of hydrogen-bond acceptors (Lipinski definition) is 5. The lowest BCUT2D eigenvalue weighted by molar-refractivity contribution is 0.160. The molecule has 1 aromatic heterocycles. The number of anilines is 1. The first-order valence-corrected chi connectivity index (χ1v) is 6.42. The maximum absolute atomic E-state index is 5.12. The molecule has 0 aromatic carbocycles. The Morgan fingerprint density at radius 2 is 2.33 bits per heavy atom. The molecular weight excluding hydrogens is 228 g/mol. The molecule has 1 aromatic rings. The third-order valence-electron chi connectivity index (χ3n) is 3.37. The van der Waals surface area contributed by atoms with Crippen LogP contribution >= 0.6 is 0 Å². The lowest BCUT2D eigenvalue weighted by Crippen LogP contribution is -2.24. The molecule has 1 atom stereocenters. The van der Waals surface area contributed by atoms with Crippen molar-refractivity contribution in [1.82, 2.24) is 14.9 Å². The first-order chi connectivity index (χ1) is 8.70. The maximum Gasteiger partial charge on any atom is 0.224 e. The van der Waals surface area contributed by atoms with Crippen molar-refractivity contribution in [2.75, 3.05) is 52.3 Å². The minimum absolute atomic E-state index is 0.531. The molecule has 18 heavy (non-hydrogen) atoms. The monoisotopic (exact) mass is 250 g/mol. The van der Waals surface area contributed by atoms with Gasteiger partial charge >= 0.3 is 0 Å². The van der Waals surface area contributed by atoms with E-state index in [0.29, 0.717) is 5.92 Å². The third-order valence-corrected chi connectivity index (χ3v) is 3.37. The Bertz CT molecular complexity index is 383. The fraction of sp³-hybridized carbons (Fsp3) is 0.692. The van der Waals surface area contributed by atoms with Gasteiger partial charge in [-0.25, -0.2) is 9.97 Å². The van der Waals surface area contributed by atoms with Crippen molar-refractivity contribution in [2.24, 2.45) is 0 Å². The van der Waals surface area contributed by atoms with Crippen molar-refractivity contribution in [2.45, 2.75) is 12.3 Å². The van der Waals surface area contributed by atoms with E-state index in [9.17, 15) is 0 Å². The van der Waals surface area contributed by atoms with Crippen LogP contribution in [0.2, 0.25) is 0 Å². The zero-order valence-electron chi connectivity index (χ0n) is 11.5. The average molecular weight is 250 g/mol. The molecule has 0 bridgehead atoms. The Morgan fingerprint density at radius 3 is 3.06 bits per heavy atom. The summed E-state index contributed by atoms with van der Waals surface area (Å²) in [5.41, 5.74) is 1.16. The number of aromatic nitrogens is 2.